The Balaban J connectivity index is 2.24. The van der Waals surface area contributed by atoms with Crippen molar-refractivity contribution in [2.45, 2.75) is 6.92 Å². The predicted molar refractivity (Wildman–Crippen MR) is 75.0 cm³/mol. The number of nitrogens with one attached hydrogen (secondary N) is 1. The molecule has 1 amide bonds. The van der Waals surface area contributed by atoms with Gasteiger partial charge >= 0.3 is 5.69 Å². The second-order valence-corrected chi connectivity index (χ2v) is 4.53. The molecule has 0 bridgehead atoms. The van der Waals surface area contributed by atoms with Crippen molar-refractivity contribution in [3.05, 3.63) is 62.7 Å². The number of aromatic nitrogens is 1. The standard InChI is InChI=1S/C13H9ClFN3O3/c1-7-10(3-5-12(14)16-7)17-13(19)8-2-4-11(18(20)21)9(15)6-8/h2-6H,1H3,(H,17,19). The quantitative estimate of drug-likeness (QED) is 0.535. The van der Waals surface area contributed by atoms with Crippen LogP contribution in [-0.4, -0.2) is 15.8 Å². The minimum absolute atomic E-state index is 0.0348. The number of benzene rings is 1. The molecular formula is C13H9ClFN3O3. The molecule has 1 aromatic heterocycles. The molecule has 0 aliphatic carbocycles. The van der Waals surface area contributed by atoms with E-state index in [0.717, 1.165) is 12.1 Å². The van der Waals surface area contributed by atoms with Crippen LogP contribution in [0.4, 0.5) is 15.8 Å². The Morgan fingerprint density at radius 2 is 2.10 bits per heavy atom. The van der Waals surface area contributed by atoms with Crippen LogP contribution >= 0.6 is 11.6 Å². The van der Waals surface area contributed by atoms with E-state index in [4.69, 9.17) is 11.6 Å². The molecule has 0 unspecified atom stereocenters. The molecule has 0 saturated heterocycles. The smallest absolute Gasteiger partial charge is 0.304 e. The van der Waals surface area contributed by atoms with Crippen molar-refractivity contribution in [2.75, 3.05) is 5.32 Å². The number of pyridine rings is 1. The van der Waals surface area contributed by atoms with E-state index in [2.05, 4.69) is 10.3 Å². The summed E-state index contributed by atoms with van der Waals surface area (Å²) in [6, 6.07) is 5.99. The first-order valence-corrected chi connectivity index (χ1v) is 6.14. The zero-order valence-electron chi connectivity index (χ0n) is 10.8. The first kappa shape index (κ1) is 14.9. The van der Waals surface area contributed by atoms with Crippen molar-refractivity contribution in [1.82, 2.24) is 4.98 Å². The molecule has 0 fully saturated rings. The molecule has 0 atom stereocenters. The van der Waals surface area contributed by atoms with Gasteiger partial charge in [0, 0.05) is 11.6 Å². The highest BCUT2D eigenvalue weighted by Gasteiger charge is 2.17. The van der Waals surface area contributed by atoms with E-state index >= 15 is 0 Å². The minimum Gasteiger partial charge on any atom is -0.320 e. The normalized spacial score (nSPS) is 10.2. The van der Waals surface area contributed by atoms with Gasteiger partial charge in [-0.3, -0.25) is 14.9 Å². The fourth-order valence-corrected chi connectivity index (χ4v) is 1.84. The molecule has 8 heteroatoms. The van der Waals surface area contributed by atoms with E-state index < -0.39 is 22.3 Å². The molecule has 2 aromatic rings. The molecule has 1 heterocycles. The summed E-state index contributed by atoms with van der Waals surface area (Å²) in [6.07, 6.45) is 0. The van der Waals surface area contributed by atoms with Crippen molar-refractivity contribution >= 4 is 28.9 Å². The third-order valence-corrected chi connectivity index (χ3v) is 2.92. The van der Waals surface area contributed by atoms with E-state index in [1.807, 2.05) is 0 Å². The van der Waals surface area contributed by atoms with Crippen LogP contribution < -0.4 is 5.32 Å². The number of nitro groups is 1. The summed E-state index contributed by atoms with van der Waals surface area (Å²) in [4.78, 5) is 25.6. The van der Waals surface area contributed by atoms with Gasteiger partial charge in [0.25, 0.3) is 5.91 Å². The lowest BCUT2D eigenvalue weighted by Gasteiger charge is -2.08. The first-order valence-electron chi connectivity index (χ1n) is 5.77. The van der Waals surface area contributed by atoms with E-state index in [9.17, 15) is 19.3 Å². The van der Waals surface area contributed by atoms with Crippen molar-refractivity contribution in [2.24, 2.45) is 0 Å². The largest absolute Gasteiger partial charge is 0.320 e. The number of anilines is 1. The predicted octanol–water partition coefficient (Wildman–Crippen LogP) is 3.34. The van der Waals surface area contributed by atoms with Gasteiger partial charge in [-0.15, -0.1) is 0 Å². The maximum Gasteiger partial charge on any atom is 0.304 e. The molecule has 0 aliphatic heterocycles. The van der Waals surface area contributed by atoms with Crippen LogP contribution in [-0.2, 0) is 0 Å². The fraction of sp³-hybridized carbons (Fsp3) is 0.0769. The summed E-state index contributed by atoms with van der Waals surface area (Å²) in [5.41, 5.74) is 0.199. The highest BCUT2D eigenvalue weighted by Crippen LogP contribution is 2.20. The number of carbonyl (C=O) groups excluding carboxylic acids is 1. The van der Waals surface area contributed by atoms with Gasteiger partial charge in [-0.2, -0.15) is 4.39 Å². The van der Waals surface area contributed by atoms with E-state index in [0.29, 0.717) is 11.4 Å². The number of hydrogen-bond donors (Lipinski definition) is 1. The molecular weight excluding hydrogens is 301 g/mol. The molecule has 0 spiro atoms. The molecule has 2 rings (SSSR count). The van der Waals surface area contributed by atoms with E-state index in [-0.39, 0.29) is 10.7 Å². The summed E-state index contributed by atoms with van der Waals surface area (Å²) >= 11 is 5.70. The second kappa shape index (κ2) is 5.84. The monoisotopic (exact) mass is 309 g/mol. The molecule has 1 N–H and O–H groups in total. The number of rotatable bonds is 3. The summed E-state index contributed by atoms with van der Waals surface area (Å²) in [5.74, 6) is -1.67. The van der Waals surface area contributed by atoms with Crippen molar-refractivity contribution in [3.8, 4) is 0 Å². The summed E-state index contributed by atoms with van der Waals surface area (Å²) in [6.45, 7) is 1.65. The number of nitro benzene ring substituents is 1. The van der Waals surface area contributed by atoms with Crippen molar-refractivity contribution in [1.29, 1.82) is 0 Å². The van der Waals surface area contributed by atoms with Crippen LogP contribution in [0.3, 0.4) is 0 Å². The highest BCUT2D eigenvalue weighted by atomic mass is 35.5. The van der Waals surface area contributed by atoms with Gasteiger partial charge in [-0.05, 0) is 31.2 Å². The topological polar surface area (TPSA) is 85.1 Å². The Hall–Kier alpha value is -2.54. The third-order valence-electron chi connectivity index (χ3n) is 2.71. The van der Waals surface area contributed by atoms with E-state index in [1.165, 1.54) is 12.1 Å². The van der Waals surface area contributed by atoms with Gasteiger partial charge in [0.15, 0.2) is 0 Å². The average molecular weight is 310 g/mol. The molecule has 21 heavy (non-hydrogen) atoms. The van der Waals surface area contributed by atoms with Crippen LogP contribution in [0.2, 0.25) is 5.15 Å². The van der Waals surface area contributed by atoms with Crippen LogP contribution in [0.5, 0.6) is 0 Å². The average Bonchev–Trinajstić information content (AvgIpc) is 2.41. The second-order valence-electron chi connectivity index (χ2n) is 4.14. The number of carbonyl (C=O) groups is 1. The van der Waals surface area contributed by atoms with Crippen LogP contribution in [0, 0.1) is 22.9 Å². The molecule has 6 nitrogen and oxygen atoms in total. The molecule has 0 saturated carbocycles. The van der Waals surface area contributed by atoms with Gasteiger partial charge in [0.2, 0.25) is 5.82 Å². The third kappa shape index (κ3) is 3.32. The summed E-state index contributed by atoms with van der Waals surface area (Å²) in [5, 5.41) is 13.3. The lowest BCUT2D eigenvalue weighted by atomic mass is 10.1. The fourth-order valence-electron chi connectivity index (χ4n) is 1.65. The van der Waals surface area contributed by atoms with Gasteiger partial charge in [0.05, 0.1) is 16.3 Å². The van der Waals surface area contributed by atoms with Crippen LogP contribution in [0.1, 0.15) is 16.1 Å². The Morgan fingerprint density at radius 1 is 1.38 bits per heavy atom. The zero-order chi connectivity index (χ0) is 15.6. The highest BCUT2D eigenvalue weighted by molar-refractivity contribution is 6.29. The lowest BCUT2D eigenvalue weighted by molar-refractivity contribution is -0.387. The zero-order valence-corrected chi connectivity index (χ0v) is 11.5. The minimum atomic E-state index is -1.07. The van der Waals surface area contributed by atoms with Gasteiger partial charge in [-0.1, -0.05) is 11.6 Å². The number of halogens is 2. The molecule has 0 aliphatic rings. The van der Waals surface area contributed by atoms with Gasteiger partial charge in [-0.25, -0.2) is 4.98 Å². The van der Waals surface area contributed by atoms with Crippen LogP contribution in [0.15, 0.2) is 30.3 Å². The van der Waals surface area contributed by atoms with Gasteiger partial charge < -0.3 is 5.32 Å². The Labute approximate surface area is 123 Å². The van der Waals surface area contributed by atoms with Gasteiger partial charge in [0.1, 0.15) is 5.15 Å². The first-order chi connectivity index (χ1) is 9.88. The van der Waals surface area contributed by atoms with E-state index in [1.54, 1.807) is 13.0 Å². The Morgan fingerprint density at radius 3 is 2.67 bits per heavy atom. The van der Waals surface area contributed by atoms with Crippen molar-refractivity contribution < 1.29 is 14.1 Å². The Kier molecular flexibility index (Phi) is 4.13. The number of amides is 1. The van der Waals surface area contributed by atoms with Crippen molar-refractivity contribution in [3.63, 3.8) is 0 Å². The summed E-state index contributed by atoms with van der Waals surface area (Å²) < 4.78 is 13.5. The van der Waals surface area contributed by atoms with Crippen LogP contribution in [0.25, 0.3) is 0 Å². The number of hydrogen-bond acceptors (Lipinski definition) is 4. The molecule has 1 aromatic carbocycles. The maximum atomic E-state index is 13.5. The SMILES string of the molecule is Cc1nc(Cl)ccc1NC(=O)c1ccc([N+](=O)[O-])c(F)c1. The summed E-state index contributed by atoms with van der Waals surface area (Å²) in [7, 11) is 0. The lowest BCUT2D eigenvalue weighted by Crippen LogP contribution is -2.13. The molecule has 108 valence electrons. The Bertz CT molecular complexity index is 737. The number of aryl methyl sites for hydroxylation is 1. The maximum absolute atomic E-state index is 13.5. The molecule has 0 radical (unpaired) electrons. The number of nitrogens with zero attached hydrogens (tertiary/aromatic N) is 2.